The van der Waals surface area contributed by atoms with Crippen molar-refractivity contribution >= 4 is 5.97 Å². The van der Waals surface area contributed by atoms with E-state index in [1.165, 1.54) is 0 Å². The molecule has 5 atom stereocenters. The summed E-state index contributed by atoms with van der Waals surface area (Å²) in [6, 6.07) is 9.45. The van der Waals surface area contributed by atoms with Gasteiger partial charge in [0.05, 0.1) is 31.0 Å². The molecule has 6 heteroatoms. The van der Waals surface area contributed by atoms with Crippen molar-refractivity contribution in [2.24, 2.45) is 11.8 Å². The Bertz CT molecular complexity index is 714. The lowest BCUT2D eigenvalue weighted by Gasteiger charge is -2.19. The van der Waals surface area contributed by atoms with Gasteiger partial charge >= 0.3 is 5.97 Å². The van der Waals surface area contributed by atoms with Crippen molar-refractivity contribution < 1.29 is 29.6 Å². The van der Waals surface area contributed by atoms with Crippen molar-refractivity contribution in [3.8, 4) is 5.75 Å². The summed E-state index contributed by atoms with van der Waals surface area (Å²) >= 11 is 0. The van der Waals surface area contributed by atoms with Gasteiger partial charge in [-0.3, -0.25) is 4.79 Å². The monoisotopic (exact) mass is 446 g/mol. The first-order chi connectivity index (χ1) is 15.4. The summed E-state index contributed by atoms with van der Waals surface area (Å²) in [5.41, 5.74) is 0. The van der Waals surface area contributed by atoms with E-state index in [1.54, 1.807) is 6.08 Å². The number of aliphatic hydroxyl groups is 3. The molecule has 0 bridgehead atoms. The number of carbonyl (C=O) groups excluding carboxylic acids is 1. The average Bonchev–Trinajstić information content (AvgIpc) is 3.01. The normalized spacial score (nSPS) is 24.4. The Labute approximate surface area is 191 Å². The van der Waals surface area contributed by atoms with Gasteiger partial charge in [0.15, 0.2) is 0 Å². The molecule has 1 aromatic rings. The van der Waals surface area contributed by atoms with Crippen LogP contribution >= 0.6 is 0 Å². The molecule has 32 heavy (non-hydrogen) atoms. The Morgan fingerprint density at radius 3 is 2.62 bits per heavy atom. The molecule has 0 radical (unpaired) electrons. The summed E-state index contributed by atoms with van der Waals surface area (Å²) in [7, 11) is 0. The van der Waals surface area contributed by atoms with Crippen molar-refractivity contribution in [3.63, 3.8) is 0 Å². The fourth-order valence-corrected chi connectivity index (χ4v) is 3.93. The maximum atomic E-state index is 11.5. The topological polar surface area (TPSA) is 96.2 Å². The molecule has 0 spiro atoms. The second kappa shape index (κ2) is 14.1. The van der Waals surface area contributed by atoms with Gasteiger partial charge in [0.1, 0.15) is 5.75 Å². The second-order valence-electron chi connectivity index (χ2n) is 8.65. The highest BCUT2D eigenvalue weighted by Gasteiger charge is 2.39. The van der Waals surface area contributed by atoms with Crippen LogP contribution in [0.3, 0.4) is 0 Å². The van der Waals surface area contributed by atoms with E-state index >= 15 is 0 Å². The predicted molar refractivity (Wildman–Crippen MR) is 124 cm³/mol. The number of hydrogen-bond donors (Lipinski definition) is 3. The molecule has 0 aromatic heterocycles. The lowest BCUT2D eigenvalue weighted by atomic mass is 9.89. The van der Waals surface area contributed by atoms with Crippen LogP contribution in [0, 0.1) is 11.8 Å². The van der Waals surface area contributed by atoms with Gasteiger partial charge in [-0.2, -0.15) is 0 Å². The maximum Gasteiger partial charge on any atom is 0.306 e. The van der Waals surface area contributed by atoms with E-state index in [9.17, 15) is 20.1 Å². The summed E-state index contributed by atoms with van der Waals surface area (Å²) in [6.45, 7) is 4.06. The Hall–Kier alpha value is -2.15. The van der Waals surface area contributed by atoms with Crippen molar-refractivity contribution in [1.29, 1.82) is 0 Å². The number of aliphatic hydroxyl groups excluding tert-OH is 3. The van der Waals surface area contributed by atoms with Crippen LogP contribution in [0.25, 0.3) is 0 Å². The van der Waals surface area contributed by atoms with E-state index in [0.717, 1.165) is 18.6 Å². The zero-order chi connectivity index (χ0) is 23.3. The largest absolute Gasteiger partial charge is 0.493 e. The van der Waals surface area contributed by atoms with Crippen LogP contribution in [0.1, 0.15) is 52.4 Å². The maximum absolute atomic E-state index is 11.5. The molecule has 1 aliphatic rings. The van der Waals surface area contributed by atoms with Crippen LogP contribution in [0.2, 0.25) is 0 Å². The van der Waals surface area contributed by atoms with Gasteiger partial charge in [-0.05, 0) is 51.2 Å². The van der Waals surface area contributed by atoms with E-state index in [4.69, 9.17) is 9.47 Å². The zero-order valence-electron chi connectivity index (χ0n) is 19.2. The number of unbranched alkanes of at least 4 members (excludes halogenated alkanes) is 1. The first-order valence-corrected chi connectivity index (χ1v) is 11.6. The van der Waals surface area contributed by atoms with Crippen LogP contribution in [0.15, 0.2) is 54.6 Å². The smallest absolute Gasteiger partial charge is 0.306 e. The third-order valence-electron chi connectivity index (χ3n) is 5.59. The molecule has 2 rings (SSSR count). The lowest BCUT2D eigenvalue weighted by molar-refractivity contribution is -0.147. The molecule has 0 saturated heterocycles. The highest BCUT2D eigenvalue weighted by molar-refractivity contribution is 5.69. The van der Waals surface area contributed by atoms with Gasteiger partial charge in [0.25, 0.3) is 0 Å². The minimum Gasteiger partial charge on any atom is -0.493 e. The standard InChI is InChI=1S/C26H38O6/c1-19(2)32-26(30)13-9-4-3-8-12-22-23(25(29)18-24(22)28)15-14-20(27)16-17-31-21-10-6-5-7-11-21/h3,5-8,10-11,14-15,19-20,22-25,27-29H,4,9,12-13,16-18H2,1-2H3/b8-3-,15-14+/t20-,22+,23+,24-,25-/m0/s1. The van der Waals surface area contributed by atoms with Crippen molar-refractivity contribution in [1.82, 2.24) is 0 Å². The molecule has 178 valence electrons. The molecule has 0 aliphatic heterocycles. The summed E-state index contributed by atoms with van der Waals surface area (Å²) in [6.07, 6.45) is 8.86. The summed E-state index contributed by atoms with van der Waals surface area (Å²) in [5, 5.41) is 30.9. The molecule has 1 saturated carbocycles. The number of hydrogen-bond acceptors (Lipinski definition) is 6. The van der Waals surface area contributed by atoms with Gasteiger partial charge in [-0.1, -0.05) is 42.5 Å². The molecule has 1 aliphatic carbocycles. The van der Waals surface area contributed by atoms with Crippen LogP contribution in [-0.2, 0) is 9.53 Å². The molecule has 0 heterocycles. The van der Waals surface area contributed by atoms with E-state index in [0.29, 0.717) is 32.3 Å². The number of rotatable bonds is 13. The van der Waals surface area contributed by atoms with Crippen LogP contribution in [0.5, 0.6) is 5.75 Å². The number of para-hydroxylation sites is 1. The molecular formula is C26H38O6. The van der Waals surface area contributed by atoms with Gasteiger partial charge in [0.2, 0.25) is 0 Å². The van der Waals surface area contributed by atoms with Gasteiger partial charge < -0.3 is 24.8 Å². The lowest BCUT2D eigenvalue weighted by Crippen LogP contribution is -2.20. The average molecular weight is 447 g/mol. The van der Waals surface area contributed by atoms with E-state index in [-0.39, 0.29) is 23.9 Å². The number of carbonyl (C=O) groups is 1. The van der Waals surface area contributed by atoms with Crippen LogP contribution < -0.4 is 4.74 Å². The first-order valence-electron chi connectivity index (χ1n) is 11.6. The molecule has 0 amide bonds. The van der Waals surface area contributed by atoms with Gasteiger partial charge in [0, 0.05) is 25.2 Å². The molecular weight excluding hydrogens is 408 g/mol. The highest BCUT2D eigenvalue weighted by atomic mass is 16.5. The van der Waals surface area contributed by atoms with Crippen LogP contribution in [0.4, 0.5) is 0 Å². The SMILES string of the molecule is CC(C)OC(=O)CCC/C=C\C[C@@H]1[C@@H](/C=C/[C@H](O)CCOc2ccccc2)[C@@H](O)C[C@@H]1O. The van der Waals surface area contributed by atoms with Crippen molar-refractivity contribution in [2.45, 2.75) is 76.8 Å². The Balaban J connectivity index is 1.73. The fourth-order valence-electron chi connectivity index (χ4n) is 3.93. The van der Waals surface area contributed by atoms with E-state index < -0.39 is 18.3 Å². The summed E-state index contributed by atoms with van der Waals surface area (Å²) in [5.74, 6) is 0.277. The van der Waals surface area contributed by atoms with Gasteiger partial charge in [-0.25, -0.2) is 0 Å². The fraction of sp³-hybridized carbons (Fsp3) is 0.577. The highest BCUT2D eigenvalue weighted by Crippen LogP contribution is 2.36. The second-order valence-corrected chi connectivity index (χ2v) is 8.65. The number of esters is 1. The third kappa shape index (κ3) is 9.55. The third-order valence-corrected chi connectivity index (χ3v) is 5.59. The molecule has 1 aromatic carbocycles. The zero-order valence-corrected chi connectivity index (χ0v) is 19.2. The van der Waals surface area contributed by atoms with E-state index in [1.807, 2.05) is 62.4 Å². The Morgan fingerprint density at radius 1 is 1.16 bits per heavy atom. The number of benzene rings is 1. The molecule has 1 fully saturated rings. The quantitative estimate of drug-likeness (QED) is 0.242. The molecule has 3 N–H and O–H groups in total. The molecule has 0 unspecified atom stereocenters. The number of ether oxygens (including phenoxy) is 2. The Morgan fingerprint density at radius 2 is 1.91 bits per heavy atom. The summed E-state index contributed by atoms with van der Waals surface area (Å²) in [4.78, 5) is 11.5. The van der Waals surface area contributed by atoms with E-state index in [2.05, 4.69) is 0 Å². The molecule has 6 nitrogen and oxygen atoms in total. The van der Waals surface area contributed by atoms with Crippen LogP contribution in [-0.4, -0.2) is 52.3 Å². The Kier molecular flexibility index (Phi) is 11.5. The predicted octanol–water partition coefficient (Wildman–Crippen LogP) is 3.80. The first kappa shape index (κ1) is 26.1. The van der Waals surface area contributed by atoms with Crippen molar-refractivity contribution in [3.05, 3.63) is 54.6 Å². The number of allylic oxidation sites excluding steroid dienone is 2. The minimum atomic E-state index is -0.676. The summed E-state index contributed by atoms with van der Waals surface area (Å²) < 4.78 is 10.7. The van der Waals surface area contributed by atoms with Gasteiger partial charge in [-0.15, -0.1) is 0 Å². The van der Waals surface area contributed by atoms with Crippen molar-refractivity contribution in [2.75, 3.05) is 6.61 Å². The minimum absolute atomic E-state index is 0.0896.